The summed E-state index contributed by atoms with van der Waals surface area (Å²) in [7, 11) is 0. The van der Waals surface area contributed by atoms with Gasteiger partial charge in [0.1, 0.15) is 11.5 Å². The Balaban J connectivity index is 2.55. The van der Waals surface area contributed by atoms with Crippen LogP contribution in [0.4, 0.5) is 0 Å². The molecule has 2 N–H and O–H groups in total. The first-order valence-electron chi connectivity index (χ1n) is 4.47. The average Bonchev–Trinajstić information content (AvgIpc) is 2.28. The van der Waals surface area contributed by atoms with Crippen molar-refractivity contribution in [1.82, 2.24) is 0 Å². The van der Waals surface area contributed by atoms with E-state index >= 15 is 0 Å². The number of rotatable bonds is 6. The summed E-state index contributed by atoms with van der Waals surface area (Å²) in [6.45, 7) is -0.451. The number of halogens is 1. The van der Waals surface area contributed by atoms with Gasteiger partial charge in [-0.1, -0.05) is 11.6 Å². The molecule has 0 aliphatic carbocycles. The van der Waals surface area contributed by atoms with Crippen LogP contribution in [0.2, 0.25) is 0 Å². The number of hydrogen-bond donors (Lipinski definition) is 2. The molecule has 0 aliphatic heterocycles. The molecular weight excluding hydrogens is 252 g/mol. The van der Waals surface area contributed by atoms with E-state index in [1.807, 2.05) is 0 Å². The third-order valence-corrected chi connectivity index (χ3v) is 1.90. The molecule has 0 aliphatic rings. The first-order valence-corrected chi connectivity index (χ1v) is 4.91. The molecule has 6 nitrogen and oxygen atoms in total. The van der Waals surface area contributed by atoms with Crippen molar-refractivity contribution >= 4 is 23.5 Å². The van der Waals surface area contributed by atoms with E-state index in [0.29, 0.717) is 5.75 Å². The van der Waals surface area contributed by atoms with Crippen LogP contribution in [0.3, 0.4) is 0 Å². The molecule has 1 aromatic rings. The summed E-state index contributed by atoms with van der Waals surface area (Å²) >= 11 is 5.36. The van der Waals surface area contributed by atoms with Crippen molar-refractivity contribution < 1.29 is 29.3 Å². The van der Waals surface area contributed by atoms with E-state index in [1.54, 1.807) is 0 Å². The predicted molar refractivity (Wildman–Crippen MR) is 57.5 cm³/mol. The number of alkyl halides is 1. The van der Waals surface area contributed by atoms with Gasteiger partial charge in [-0.2, -0.15) is 0 Å². The highest BCUT2D eigenvalue weighted by Gasteiger charge is 2.14. The van der Waals surface area contributed by atoms with E-state index in [2.05, 4.69) is 0 Å². The van der Waals surface area contributed by atoms with Gasteiger partial charge in [-0.25, -0.2) is 9.59 Å². The third-order valence-electron chi connectivity index (χ3n) is 1.62. The summed E-state index contributed by atoms with van der Waals surface area (Å²) in [6.07, 6.45) is 0. The maximum Gasteiger partial charge on any atom is 0.360 e. The lowest BCUT2D eigenvalue weighted by Crippen LogP contribution is -2.20. The zero-order valence-corrected chi connectivity index (χ0v) is 9.26. The zero-order valence-electron chi connectivity index (χ0n) is 8.50. The molecule has 1 rings (SSSR count). The number of carboxylic acid groups (broad SMARTS) is 2. The quantitative estimate of drug-likeness (QED) is 0.746. The monoisotopic (exact) mass is 260 g/mol. The van der Waals surface area contributed by atoms with E-state index in [0.717, 1.165) is 0 Å². The van der Waals surface area contributed by atoms with Crippen molar-refractivity contribution in [3.05, 3.63) is 24.3 Å². The average molecular weight is 261 g/mol. The standard InChI is InChI=1S/C10H9ClO6/c11-9(10(14)15)17-7-3-1-6(2-4-7)16-5-8(12)13/h1-4,9H,5H2,(H,12,13)(H,14,15). The summed E-state index contributed by atoms with van der Waals surface area (Å²) in [4.78, 5) is 20.6. The van der Waals surface area contributed by atoms with Crippen LogP contribution in [-0.4, -0.2) is 34.3 Å². The lowest BCUT2D eigenvalue weighted by Gasteiger charge is -2.09. The molecule has 1 unspecified atom stereocenters. The van der Waals surface area contributed by atoms with Crippen LogP contribution < -0.4 is 9.47 Å². The van der Waals surface area contributed by atoms with Gasteiger partial charge in [-0.3, -0.25) is 0 Å². The second-order valence-electron chi connectivity index (χ2n) is 2.93. The molecule has 0 aromatic heterocycles. The van der Waals surface area contributed by atoms with Gasteiger partial charge in [0, 0.05) is 0 Å². The van der Waals surface area contributed by atoms with E-state index in [1.165, 1.54) is 24.3 Å². The Kier molecular flexibility index (Phi) is 4.59. The molecule has 17 heavy (non-hydrogen) atoms. The fourth-order valence-corrected chi connectivity index (χ4v) is 1.03. The minimum atomic E-state index is -1.47. The molecule has 0 bridgehead atoms. The Bertz CT molecular complexity index is 402. The molecule has 0 fully saturated rings. The summed E-state index contributed by atoms with van der Waals surface area (Å²) in [5.41, 5.74) is -1.47. The number of ether oxygens (including phenoxy) is 2. The van der Waals surface area contributed by atoms with Gasteiger partial charge in [0.05, 0.1) is 0 Å². The summed E-state index contributed by atoms with van der Waals surface area (Å²) in [5, 5.41) is 16.9. The molecule has 0 amide bonds. The summed E-state index contributed by atoms with van der Waals surface area (Å²) in [6, 6.07) is 5.75. The molecule has 0 saturated heterocycles. The van der Waals surface area contributed by atoms with Crippen LogP contribution in [0, 0.1) is 0 Å². The van der Waals surface area contributed by atoms with Crippen LogP contribution in [0.1, 0.15) is 0 Å². The maximum atomic E-state index is 10.4. The SMILES string of the molecule is O=C(O)COc1ccc(OC(Cl)C(=O)O)cc1. The highest BCUT2D eigenvalue weighted by molar-refractivity contribution is 6.28. The minimum absolute atomic E-state index is 0.245. The van der Waals surface area contributed by atoms with Gasteiger partial charge in [0.15, 0.2) is 6.61 Å². The minimum Gasteiger partial charge on any atom is -0.482 e. The molecule has 0 radical (unpaired) electrons. The lowest BCUT2D eigenvalue weighted by molar-refractivity contribution is -0.141. The zero-order chi connectivity index (χ0) is 12.8. The molecule has 0 spiro atoms. The van der Waals surface area contributed by atoms with E-state index in [4.69, 9.17) is 31.3 Å². The highest BCUT2D eigenvalue weighted by atomic mass is 35.5. The van der Waals surface area contributed by atoms with Gasteiger partial charge in [0.2, 0.25) is 0 Å². The van der Waals surface area contributed by atoms with Gasteiger partial charge in [-0.05, 0) is 24.3 Å². The van der Waals surface area contributed by atoms with Gasteiger partial charge < -0.3 is 19.7 Å². The number of aliphatic carboxylic acids is 2. The maximum absolute atomic E-state index is 10.4. The topological polar surface area (TPSA) is 93.1 Å². The Hall–Kier alpha value is -1.95. The second-order valence-corrected chi connectivity index (χ2v) is 3.32. The van der Waals surface area contributed by atoms with Crippen molar-refractivity contribution in [3.8, 4) is 11.5 Å². The van der Waals surface area contributed by atoms with Crippen molar-refractivity contribution in [1.29, 1.82) is 0 Å². The van der Waals surface area contributed by atoms with Crippen LogP contribution in [0.15, 0.2) is 24.3 Å². The molecule has 7 heteroatoms. The van der Waals surface area contributed by atoms with Crippen molar-refractivity contribution in [2.75, 3.05) is 6.61 Å². The van der Waals surface area contributed by atoms with Gasteiger partial charge >= 0.3 is 11.9 Å². The molecule has 92 valence electrons. The molecule has 1 atom stereocenters. The Morgan fingerprint density at radius 1 is 1.18 bits per heavy atom. The first kappa shape index (κ1) is 13.1. The fourth-order valence-electron chi connectivity index (χ4n) is 0.929. The second kappa shape index (κ2) is 5.95. The van der Waals surface area contributed by atoms with Crippen LogP contribution in [-0.2, 0) is 9.59 Å². The van der Waals surface area contributed by atoms with Crippen molar-refractivity contribution in [3.63, 3.8) is 0 Å². The van der Waals surface area contributed by atoms with Crippen molar-refractivity contribution in [2.24, 2.45) is 0 Å². The number of carbonyl (C=O) groups is 2. The van der Waals surface area contributed by atoms with Gasteiger partial charge in [-0.15, -0.1) is 0 Å². The Morgan fingerprint density at radius 2 is 1.71 bits per heavy atom. The highest BCUT2D eigenvalue weighted by Crippen LogP contribution is 2.19. The van der Waals surface area contributed by atoms with E-state index in [9.17, 15) is 9.59 Å². The Morgan fingerprint density at radius 3 is 2.18 bits per heavy atom. The van der Waals surface area contributed by atoms with Crippen molar-refractivity contribution in [2.45, 2.75) is 5.56 Å². The van der Waals surface area contributed by atoms with E-state index in [-0.39, 0.29) is 5.75 Å². The van der Waals surface area contributed by atoms with E-state index < -0.39 is 24.1 Å². The smallest absolute Gasteiger partial charge is 0.360 e. The molecular formula is C10H9ClO6. The number of benzene rings is 1. The normalized spacial score (nSPS) is 11.6. The summed E-state index contributed by atoms with van der Waals surface area (Å²) in [5.74, 6) is -1.80. The fraction of sp³-hybridized carbons (Fsp3) is 0.200. The molecule has 1 aromatic carbocycles. The predicted octanol–water partition coefficient (Wildman–Crippen LogP) is 1.18. The van der Waals surface area contributed by atoms with Crippen LogP contribution >= 0.6 is 11.6 Å². The molecule has 0 saturated carbocycles. The van der Waals surface area contributed by atoms with Crippen LogP contribution in [0.25, 0.3) is 0 Å². The number of hydrogen-bond acceptors (Lipinski definition) is 4. The van der Waals surface area contributed by atoms with Gasteiger partial charge in [0.25, 0.3) is 5.56 Å². The number of carboxylic acids is 2. The first-order chi connectivity index (χ1) is 7.99. The van der Waals surface area contributed by atoms with Crippen LogP contribution in [0.5, 0.6) is 11.5 Å². The largest absolute Gasteiger partial charge is 0.482 e. The third kappa shape index (κ3) is 4.60. The molecule has 0 heterocycles. The summed E-state index contributed by atoms with van der Waals surface area (Å²) < 4.78 is 9.72. The Labute approximate surface area is 101 Å². The lowest BCUT2D eigenvalue weighted by atomic mass is 10.3.